The molecule has 1 heterocycles. The van der Waals surface area contributed by atoms with Gasteiger partial charge in [0.25, 0.3) is 0 Å². The molecule has 1 aromatic rings. The van der Waals surface area contributed by atoms with Gasteiger partial charge in [-0.25, -0.2) is 0 Å². The summed E-state index contributed by atoms with van der Waals surface area (Å²) in [5.74, 6) is 0.216. The van der Waals surface area contributed by atoms with Crippen molar-refractivity contribution in [3.05, 3.63) is 35.9 Å². The number of likely N-dealkylation sites (tertiary alicyclic amines) is 1. The Morgan fingerprint density at radius 1 is 1.26 bits per heavy atom. The molecule has 0 bridgehead atoms. The highest BCUT2D eigenvalue weighted by atomic mass is 35.5. The number of rotatable bonds is 3. The van der Waals surface area contributed by atoms with Gasteiger partial charge in [0.15, 0.2) is 0 Å². The lowest BCUT2D eigenvalue weighted by atomic mass is 10.0. The van der Waals surface area contributed by atoms with Crippen molar-refractivity contribution in [3.8, 4) is 0 Å². The summed E-state index contributed by atoms with van der Waals surface area (Å²) < 4.78 is 0. The Labute approximate surface area is 121 Å². The summed E-state index contributed by atoms with van der Waals surface area (Å²) >= 11 is 0. The molecule has 1 aliphatic rings. The van der Waals surface area contributed by atoms with E-state index in [0.29, 0.717) is 6.54 Å². The molecule has 0 aliphatic carbocycles. The van der Waals surface area contributed by atoms with Crippen molar-refractivity contribution in [3.63, 3.8) is 0 Å². The van der Waals surface area contributed by atoms with Gasteiger partial charge >= 0.3 is 0 Å². The molecule has 0 aromatic heterocycles. The standard InChI is InChI=1S/C15H22N2O.ClH/c1-16-12-15(18)17-11-7-3-6-10-14(17)13-8-4-2-5-9-13;/h2,4-5,8-9,14,16H,3,6-7,10-12H2,1H3;1H. The maximum absolute atomic E-state index is 12.2. The van der Waals surface area contributed by atoms with Crippen LogP contribution >= 0.6 is 12.4 Å². The summed E-state index contributed by atoms with van der Waals surface area (Å²) in [6, 6.07) is 10.7. The van der Waals surface area contributed by atoms with Gasteiger partial charge in [-0.3, -0.25) is 4.79 Å². The van der Waals surface area contributed by atoms with Gasteiger partial charge in [-0.05, 0) is 25.5 Å². The molecule has 19 heavy (non-hydrogen) atoms. The van der Waals surface area contributed by atoms with Crippen LogP contribution in [0.3, 0.4) is 0 Å². The predicted octanol–water partition coefficient (Wildman–Crippen LogP) is 2.77. The van der Waals surface area contributed by atoms with Crippen LogP contribution in [0.15, 0.2) is 30.3 Å². The molecular formula is C15H23ClN2O. The average molecular weight is 283 g/mol. The van der Waals surface area contributed by atoms with Crippen LogP contribution in [0.25, 0.3) is 0 Å². The molecule has 1 N–H and O–H groups in total. The number of hydrogen-bond acceptors (Lipinski definition) is 2. The smallest absolute Gasteiger partial charge is 0.237 e. The Hall–Kier alpha value is -1.06. The first-order valence-electron chi connectivity index (χ1n) is 6.82. The average Bonchev–Trinajstić information content (AvgIpc) is 2.65. The fourth-order valence-electron chi connectivity index (χ4n) is 2.68. The first-order chi connectivity index (χ1) is 8.83. The summed E-state index contributed by atoms with van der Waals surface area (Å²) in [6.07, 6.45) is 4.65. The highest BCUT2D eigenvalue weighted by Gasteiger charge is 2.25. The number of carbonyl (C=O) groups is 1. The van der Waals surface area contributed by atoms with Crippen molar-refractivity contribution in [1.29, 1.82) is 0 Å². The zero-order valence-corrected chi connectivity index (χ0v) is 12.3. The summed E-state index contributed by atoms with van der Waals surface area (Å²) in [4.78, 5) is 14.3. The van der Waals surface area contributed by atoms with E-state index < -0.39 is 0 Å². The third-order valence-corrected chi connectivity index (χ3v) is 3.59. The largest absolute Gasteiger partial charge is 0.335 e. The molecule has 1 aromatic carbocycles. The second-order valence-electron chi connectivity index (χ2n) is 4.89. The number of carbonyl (C=O) groups excluding carboxylic acids is 1. The van der Waals surface area contributed by atoms with Crippen molar-refractivity contribution >= 4 is 18.3 Å². The van der Waals surface area contributed by atoms with Gasteiger partial charge in [0.2, 0.25) is 5.91 Å². The molecule has 1 amide bonds. The quantitative estimate of drug-likeness (QED) is 0.925. The van der Waals surface area contributed by atoms with Gasteiger partial charge in [0.1, 0.15) is 0 Å². The van der Waals surface area contributed by atoms with Crippen LogP contribution in [0.4, 0.5) is 0 Å². The lowest BCUT2D eigenvalue weighted by molar-refractivity contribution is -0.132. The third-order valence-electron chi connectivity index (χ3n) is 3.59. The number of halogens is 1. The van der Waals surface area contributed by atoms with E-state index in [4.69, 9.17) is 0 Å². The maximum atomic E-state index is 12.2. The van der Waals surface area contributed by atoms with Crippen LogP contribution in [-0.4, -0.2) is 30.9 Å². The number of nitrogens with zero attached hydrogens (tertiary/aromatic N) is 1. The van der Waals surface area contributed by atoms with Crippen LogP contribution in [0.5, 0.6) is 0 Å². The monoisotopic (exact) mass is 282 g/mol. The van der Waals surface area contributed by atoms with Crippen molar-refractivity contribution in [2.24, 2.45) is 0 Å². The third kappa shape index (κ3) is 4.22. The predicted molar refractivity (Wildman–Crippen MR) is 80.5 cm³/mol. The fraction of sp³-hybridized carbons (Fsp3) is 0.533. The first kappa shape index (κ1) is 16.0. The van der Waals surface area contributed by atoms with Gasteiger partial charge in [-0.2, -0.15) is 0 Å². The minimum absolute atomic E-state index is 0. The van der Waals surface area contributed by atoms with Gasteiger partial charge in [0, 0.05) is 6.54 Å². The van der Waals surface area contributed by atoms with E-state index in [2.05, 4.69) is 34.5 Å². The number of nitrogens with one attached hydrogen (secondary N) is 1. The number of hydrogen-bond donors (Lipinski definition) is 1. The Morgan fingerprint density at radius 3 is 2.68 bits per heavy atom. The van der Waals surface area contributed by atoms with Gasteiger partial charge < -0.3 is 10.2 Å². The number of likely N-dealkylation sites (N-methyl/N-ethyl adjacent to an activating group) is 1. The molecule has 3 nitrogen and oxygen atoms in total. The summed E-state index contributed by atoms with van der Waals surface area (Å²) in [7, 11) is 1.83. The van der Waals surface area contributed by atoms with Crippen LogP contribution in [0.1, 0.15) is 37.3 Å². The first-order valence-corrected chi connectivity index (χ1v) is 6.82. The van der Waals surface area contributed by atoms with Crippen molar-refractivity contribution in [1.82, 2.24) is 10.2 Å². The second kappa shape index (κ2) is 8.18. The Kier molecular flexibility index (Phi) is 6.89. The van der Waals surface area contributed by atoms with Crippen LogP contribution < -0.4 is 5.32 Å². The molecule has 1 saturated heterocycles. The van der Waals surface area contributed by atoms with E-state index >= 15 is 0 Å². The van der Waals surface area contributed by atoms with E-state index in [0.717, 1.165) is 19.4 Å². The minimum Gasteiger partial charge on any atom is -0.335 e. The molecule has 0 radical (unpaired) electrons. The maximum Gasteiger partial charge on any atom is 0.237 e. The van der Waals surface area contributed by atoms with Crippen molar-refractivity contribution in [2.75, 3.05) is 20.1 Å². The van der Waals surface area contributed by atoms with Gasteiger partial charge in [-0.15, -0.1) is 12.4 Å². The zero-order chi connectivity index (χ0) is 12.8. The Balaban J connectivity index is 0.00000180. The lowest BCUT2D eigenvalue weighted by Crippen LogP contribution is -2.39. The molecule has 106 valence electrons. The molecule has 1 aliphatic heterocycles. The number of amides is 1. The van der Waals surface area contributed by atoms with Crippen molar-refractivity contribution in [2.45, 2.75) is 31.7 Å². The molecule has 1 fully saturated rings. The SMILES string of the molecule is CNCC(=O)N1CCCCCC1c1ccccc1.Cl. The van der Waals surface area contributed by atoms with Gasteiger partial charge in [-0.1, -0.05) is 43.2 Å². The van der Waals surface area contributed by atoms with Crippen LogP contribution in [0.2, 0.25) is 0 Å². The lowest BCUT2D eigenvalue weighted by Gasteiger charge is -2.30. The molecule has 0 spiro atoms. The molecule has 4 heteroatoms. The van der Waals surface area contributed by atoms with E-state index in [1.165, 1.54) is 18.4 Å². The highest BCUT2D eigenvalue weighted by molar-refractivity contribution is 5.85. The van der Waals surface area contributed by atoms with Crippen LogP contribution in [0, 0.1) is 0 Å². The normalized spacial score (nSPS) is 19.4. The summed E-state index contributed by atoms with van der Waals surface area (Å²) in [6.45, 7) is 1.32. The highest BCUT2D eigenvalue weighted by Crippen LogP contribution is 2.29. The van der Waals surface area contributed by atoms with E-state index in [9.17, 15) is 4.79 Å². The topological polar surface area (TPSA) is 32.3 Å². The molecule has 1 unspecified atom stereocenters. The van der Waals surface area contributed by atoms with E-state index in [-0.39, 0.29) is 24.4 Å². The van der Waals surface area contributed by atoms with Crippen LogP contribution in [-0.2, 0) is 4.79 Å². The molecular weight excluding hydrogens is 260 g/mol. The molecule has 2 rings (SSSR count). The van der Waals surface area contributed by atoms with Crippen molar-refractivity contribution < 1.29 is 4.79 Å². The zero-order valence-electron chi connectivity index (χ0n) is 11.5. The Bertz CT molecular complexity index is 383. The van der Waals surface area contributed by atoms with E-state index in [1.807, 2.05) is 13.1 Å². The minimum atomic E-state index is 0. The van der Waals surface area contributed by atoms with E-state index in [1.54, 1.807) is 0 Å². The fourth-order valence-corrected chi connectivity index (χ4v) is 2.68. The second-order valence-corrected chi connectivity index (χ2v) is 4.89. The number of benzene rings is 1. The Morgan fingerprint density at radius 2 is 2.00 bits per heavy atom. The molecule has 1 atom stereocenters. The summed E-state index contributed by atoms with van der Waals surface area (Å²) in [5, 5.41) is 2.97. The molecule has 0 saturated carbocycles. The summed E-state index contributed by atoms with van der Waals surface area (Å²) in [5.41, 5.74) is 1.27. The van der Waals surface area contributed by atoms with Gasteiger partial charge in [0.05, 0.1) is 12.6 Å².